The minimum absolute atomic E-state index is 0.0480. The SMILES string of the molecule is CC(C)NC(=O)CCC[N+]1(C)CCc2c(sc(CC(=O)Cc3ccc(Cl)cc3)c2C(N)=O)C1. The summed E-state index contributed by atoms with van der Waals surface area (Å²) in [6, 6.07) is 7.39. The molecule has 2 amide bonds. The number of Topliss-reactive ketones (excluding diaryl/α,β-unsaturated/α-hetero) is 1. The highest BCUT2D eigenvalue weighted by Gasteiger charge is 2.34. The third kappa shape index (κ3) is 6.88. The van der Waals surface area contributed by atoms with Gasteiger partial charge in [0.1, 0.15) is 12.3 Å². The number of nitrogens with two attached hydrogens (primary N) is 1. The second-order valence-corrected chi connectivity index (χ2v) is 11.1. The molecule has 0 fully saturated rings. The van der Waals surface area contributed by atoms with Crippen LogP contribution in [-0.2, 0) is 35.4 Å². The number of nitrogens with zero attached hydrogens (tertiary/aromatic N) is 1. The zero-order valence-electron chi connectivity index (χ0n) is 19.6. The van der Waals surface area contributed by atoms with Gasteiger partial charge < -0.3 is 15.5 Å². The van der Waals surface area contributed by atoms with Crippen molar-refractivity contribution in [3.8, 4) is 0 Å². The lowest BCUT2D eigenvalue weighted by Gasteiger charge is -2.37. The molecule has 8 heteroatoms. The molecule has 1 atom stereocenters. The van der Waals surface area contributed by atoms with Crippen LogP contribution in [0.3, 0.4) is 0 Å². The Balaban J connectivity index is 1.68. The molecule has 0 aliphatic carbocycles. The zero-order chi connectivity index (χ0) is 24.2. The van der Waals surface area contributed by atoms with Gasteiger partial charge >= 0.3 is 0 Å². The van der Waals surface area contributed by atoms with E-state index in [4.69, 9.17) is 17.3 Å². The summed E-state index contributed by atoms with van der Waals surface area (Å²) in [5.74, 6) is -0.321. The second-order valence-electron chi connectivity index (χ2n) is 9.49. The van der Waals surface area contributed by atoms with Gasteiger partial charge in [0.25, 0.3) is 0 Å². The highest BCUT2D eigenvalue weighted by Crippen LogP contribution is 2.36. The Hall–Kier alpha value is -2.22. The van der Waals surface area contributed by atoms with Crippen LogP contribution in [0.2, 0.25) is 5.02 Å². The molecule has 3 N–H and O–H groups in total. The Kier molecular flexibility index (Phi) is 8.32. The van der Waals surface area contributed by atoms with Gasteiger partial charge in [0.15, 0.2) is 0 Å². The van der Waals surface area contributed by atoms with Crippen molar-refractivity contribution in [2.24, 2.45) is 5.73 Å². The highest BCUT2D eigenvalue weighted by molar-refractivity contribution is 7.12. The van der Waals surface area contributed by atoms with Gasteiger partial charge in [-0.15, -0.1) is 11.3 Å². The van der Waals surface area contributed by atoms with E-state index in [2.05, 4.69) is 12.4 Å². The van der Waals surface area contributed by atoms with E-state index >= 15 is 0 Å². The lowest BCUT2D eigenvalue weighted by atomic mass is 9.97. The summed E-state index contributed by atoms with van der Waals surface area (Å²) < 4.78 is 0.818. The summed E-state index contributed by atoms with van der Waals surface area (Å²) in [7, 11) is 2.19. The molecule has 0 radical (unpaired) electrons. The number of thiophene rings is 1. The van der Waals surface area contributed by atoms with Crippen molar-refractivity contribution in [3.63, 3.8) is 0 Å². The first-order chi connectivity index (χ1) is 15.6. The van der Waals surface area contributed by atoms with Crippen LogP contribution in [-0.4, -0.2) is 48.3 Å². The van der Waals surface area contributed by atoms with Crippen molar-refractivity contribution >= 4 is 40.5 Å². The number of hydrogen-bond donors (Lipinski definition) is 2. The number of rotatable bonds is 10. The molecule has 33 heavy (non-hydrogen) atoms. The molecule has 2 aromatic rings. The van der Waals surface area contributed by atoms with Gasteiger partial charge in [-0.3, -0.25) is 14.4 Å². The maximum atomic E-state index is 12.7. The quantitative estimate of drug-likeness (QED) is 0.498. The van der Waals surface area contributed by atoms with E-state index in [1.165, 1.54) is 0 Å². The summed E-state index contributed by atoms with van der Waals surface area (Å²) in [5, 5.41) is 3.57. The van der Waals surface area contributed by atoms with Crippen LogP contribution in [0.5, 0.6) is 0 Å². The van der Waals surface area contributed by atoms with Crippen molar-refractivity contribution in [2.45, 2.75) is 58.5 Å². The first kappa shape index (κ1) is 25.4. The Morgan fingerprint density at radius 1 is 1.18 bits per heavy atom. The summed E-state index contributed by atoms with van der Waals surface area (Å²) in [6.45, 7) is 6.48. The first-order valence-corrected chi connectivity index (χ1v) is 12.6. The van der Waals surface area contributed by atoms with E-state index < -0.39 is 5.91 Å². The van der Waals surface area contributed by atoms with Crippen LogP contribution in [0.1, 0.15) is 57.9 Å². The van der Waals surface area contributed by atoms with E-state index in [9.17, 15) is 14.4 Å². The molecule has 0 bridgehead atoms. The fourth-order valence-electron chi connectivity index (χ4n) is 4.46. The van der Waals surface area contributed by atoms with Gasteiger partial charge in [-0.05, 0) is 37.1 Å². The first-order valence-electron chi connectivity index (χ1n) is 11.4. The second kappa shape index (κ2) is 10.8. The largest absolute Gasteiger partial charge is 0.366 e. The van der Waals surface area contributed by atoms with Gasteiger partial charge in [-0.25, -0.2) is 0 Å². The molecular formula is C25H33ClN3O3S+. The number of carbonyl (C=O) groups is 3. The average Bonchev–Trinajstić information content (AvgIpc) is 3.05. The normalized spacial score (nSPS) is 17.6. The number of primary amides is 1. The summed E-state index contributed by atoms with van der Waals surface area (Å²) in [5.41, 5.74) is 8.19. The van der Waals surface area contributed by atoms with Crippen molar-refractivity contribution < 1.29 is 18.9 Å². The predicted molar refractivity (Wildman–Crippen MR) is 133 cm³/mol. The molecule has 1 aromatic carbocycles. The Labute approximate surface area is 204 Å². The highest BCUT2D eigenvalue weighted by atomic mass is 35.5. The van der Waals surface area contributed by atoms with Crippen LogP contribution in [0, 0.1) is 0 Å². The van der Waals surface area contributed by atoms with Gasteiger partial charge in [0, 0.05) is 48.0 Å². The van der Waals surface area contributed by atoms with Crippen LogP contribution in [0.4, 0.5) is 0 Å². The molecule has 1 aromatic heterocycles. The molecule has 3 rings (SSSR count). The third-order valence-corrected chi connectivity index (χ3v) is 7.53. The fraction of sp³-hybridized carbons (Fsp3) is 0.480. The van der Waals surface area contributed by atoms with Crippen LogP contribution in [0.15, 0.2) is 24.3 Å². The van der Waals surface area contributed by atoms with Crippen LogP contribution >= 0.6 is 22.9 Å². The number of halogens is 1. The van der Waals surface area contributed by atoms with Crippen molar-refractivity contribution in [1.29, 1.82) is 0 Å². The van der Waals surface area contributed by atoms with E-state index in [0.717, 1.165) is 57.8 Å². The Morgan fingerprint density at radius 2 is 1.88 bits per heavy atom. The number of quaternary nitrogens is 1. The van der Waals surface area contributed by atoms with E-state index in [1.54, 1.807) is 23.5 Å². The number of ketones is 1. The molecule has 2 heterocycles. The third-order valence-electron chi connectivity index (χ3n) is 6.06. The van der Waals surface area contributed by atoms with Crippen LogP contribution < -0.4 is 11.1 Å². The smallest absolute Gasteiger partial charge is 0.250 e. The number of fused-ring (bicyclic) bond motifs is 1. The summed E-state index contributed by atoms with van der Waals surface area (Å²) >= 11 is 7.47. The summed E-state index contributed by atoms with van der Waals surface area (Å²) in [4.78, 5) is 38.9. The monoisotopic (exact) mass is 490 g/mol. The van der Waals surface area contributed by atoms with Crippen LogP contribution in [0.25, 0.3) is 0 Å². The van der Waals surface area contributed by atoms with Gasteiger partial charge in [-0.1, -0.05) is 23.7 Å². The topological polar surface area (TPSA) is 89.3 Å². The van der Waals surface area contributed by atoms with E-state index in [1.807, 2.05) is 26.0 Å². The molecule has 0 saturated carbocycles. The lowest BCUT2D eigenvalue weighted by Crippen LogP contribution is -2.48. The molecule has 6 nitrogen and oxygen atoms in total. The van der Waals surface area contributed by atoms with E-state index in [-0.39, 0.29) is 24.2 Å². The molecule has 0 spiro atoms. The Bertz CT molecular complexity index is 1030. The number of nitrogens with one attached hydrogen (secondary N) is 1. The number of amides is 2. The standard InChI is InChI=1S/C25H32ClN3O3S/c1-16(2)28-23(31)5-4-11-29(3)12-10-20-22(15-29)33-21(24(20)25(27)32)14-19(30)13-17-6-8-18(26)9-7-17/h6-9,16H,4-5,10-15H2,1-3H3,(H2-,27,28,31,32)/p+1. The number of hydrogen-bond acceptors (Lipinski definition) is 4. The minimum Gasteiger partial charge on any atom is -0.366 e. The van der Waals surface area contributed by atoms with Gasteiger partial charge in [-0.2, -0.15) is 0 Å². The predicted octanol–water partition coefficient (Wildman–Crippen LogP) is 3.66. The van der Waals surface area contributed by atoms with Crippen molar-refractivity contribution in [2.75, 3.05) is 20.1 Å². The molecule has 1 aliphatic rings. The molecule has 1 aliphatic heterocycles. The Morgan fingerprint density at radius 3 is 2.52 bits per heavy atom. The molecular weight excluding hydrogens is 458 g/mol. The van der Waals surface area contributed by atoms with Crippen molar-refractivity contribution in [3.05, 3.63) is 55.7 Å². The maximum Gasteiger partial charge on any atom is 0.250 e. The van der Waals surface area contributed by atoms with Crippen molar-refractivity contribution in [1.82, 2.24) is 5.32 Å². The minimum atomic E-state index is -0.455. The number of likely N-dealkylation sites (N-methyl/N-ethyl adjacent to an activating group) is 1. The van der Waals surface area contributed by atoms with Gasteiger partial charge in [0.05, 0.1) is 30.6 Å². The van der Waals surface area contributed by atoms with Gasteiger partial charge in [0.2, 0.25) is 11.8 Å². The average molecular weight is 491 g/mol. The summed E-state index contributed by atoms with van der Waals surface area (Å²) in [6.07, 6.45) is 2.58. The maximum absolute atomic E-state index is 12.7. The number of carbonyl (C=O) groups excluding carboxylic acids is 3. The molecule has 1 unspecified atom stereocenters. The lowest BCUT2D eigenvalue weighted by molar-refractivity contribution is -0.924. The molecule has 178 valence electrons. The fourth-order valence-corrected chi connectivity index (χ4v) is 6.14. The zero-order valence-corrected chi connectivity index (χ0v) is 21.2. The number of benzene rings is 1. The van der Waals surface area contributed by atoms with E-state index in [0.29, 0.717) is 23.4 Å². The molecule has 0 saturated heterocycles.